The first-order valence-corrected chi connectivity index (χ1v) is 24.2. The van der Waals surface area contributed by atoms with Gasteiger partial charge in [0.1, 0.15) is 19.3 Å². The van der Waals surface area contributed by atoms with E-state index in [1.165, 1.54) is 33.4 Å². The minimum atomic E-state index is -1.000. The zero-order valence-corrected chi connectivity index (χ0v) is 39.9. The van der Waals surface area contributed by atoms with E-state index in [-0.39, 0.29) is 36.1 Å². The smallest absolute Gasteiger partial charge is 0.264 e. The van der Waals surface area contributed by atoms with E-state index in [0.29, 0.717) is 57.0 Å². The number of imide groups is 2. The number of carbonyl (C=O) groups excluding carboxylic acids is 4. The maximum absolute atomic E-state index is 13.4. The number of aromatic nitrogens is 3. The number of unbranched alkanes of at least 4 members (excludes halogenated alkanes) is 3. The Morgan fingerprint density at radius 1 is 0.794 bits per heavy atom. The molecule has 1 aromatic heterocycles. The summed E-state index contributed by atoms with van der Waals surface area (Å²) in [7, 11) is 0. The van der Waals surface area contributed by atoms with Crippen LogP contribution in [0.3, 0.4) is 0 Å². The first kappa shape index (κ1) is 46.7. The van der Waals surface area contributed by atoms with E-state index < -0.39 is 35.3 Å². The summed E-state index contributed by atoms with van der Waals surface area (Å²) >= 11 is 0. The maximum atomic E-state index is 13.4. The van der Waals surface area contributed by atoms with Gasteiger partial charge in [0.15, 0.2) is 11.5 Å². The number of piperidine rings is 2. The number of nitrogens with one attached hydrogen (secondary N) is 2. The van der Waals surface area contributed by atoms with Gasteiger partial charge in [0.05, 0.1) is 22.4 Å². The van der Waals surface area contributed by atoms with Crippen LogP contribution in [-0.4, -0.2) is 84.3 Å². The molecule has 5 heterocycles. The van der Waals surface area contributed by atoms with Crippen molar-refractivity contribution in [1.29, 1.82) is 0 Å². The molecule has 4 atom stereocenters. The van der Waals surface area contributed by atoms with Crippen molar-refractivity contribution in [2.24, 2.45) is 0 Å². The molecule has 0 spiro atoms. The van der Waals surface area contributed by atoms with Crippen LogP contribution in [0.2, 0.25) is 0 Å². The van der Waals surface area contributed by atoms with Gasteiger partial charge in [0.2, 0.25) is 11.8 Å². The second kappa shape index (κ2) is 19.7. The quantitative estimate of drug-likeness (QED) is 0.0615. The summed E-state index contributed by atoms with van der Waals surface area (Å²) in [5.74, 6) is -0.612. The Bertz CT molecular complexity index is 2710. The Morgan fingerprint density at radius 2 is 1.47 bits per heavy atom. The molecule has 4 aromatic carbocycles. The molecule has 5 aromatic rings. The normalized spacial score (nSPS) is 21.3. The summed E-state index contributed by atoms with van der Waals surface area (Å²) < 4.78 is 15.1. The van der Waals surface area contributed by atoms with Crippen molar-refractivity contribution >= 4 is 29.3 Å². The highest BCUT2D eigenvalue weighted by molar-refractivity contribution is 6.25. The molecule has 356 valence electrons. The Labute approximate surface area is 398 Å². The molecule has 0 radical (unpaired) electrons. The van der Waals surface area contributed by atoms with E-state index in [2.05, 4.69) is 109 Å². The summed E-state index contributed by atoms with van der Waals surface area (Å²) in [5, 5.41) is 26.9. The van der Waals surface area contributed by atoms with Gasteiger partial charge in [-0.25, -0.2) is 0 Å². The molecule has 2 saturated heterocycles. The molecule has 14 nitrogen and oxygen atoms in total. The van der Waals surface area contributed by atoms with Crippen molar-refractivity contribution < 1.29 is 33.8 Å². The van der Waals surface area contributed by atoms with Crippen molar-refractivity contribution in [3.8, 4) is 11.5 Å². The van der Waals surface area contributed by atoms with Crippen LogP contribution in [0.15, 0.2) is 72.9 Å². The molecule has 2 fully saturated rings. The highest BCUT2D eigenvalue weighted by Crippen LogP contribution is 2.47. The zero-order chi connectivity index (χ0) is 47.7. The van der Waals surface area contributed by atoms with Crippen LogP contribution >= 0.6 is 0 Å². The van der Waals surface area contributed by atoms with Crippen molar-refractivity contribution in [2.75, 3.05) is 18.4 Å². The van der Waals surface area contributed by atoms with Gasteiger partial charge in [0.25, 0.3) is 11.8 Å². The van der Waals surface area contributed by atoms with Gasteiger partial charge in [-0.15, -0.1) is 5.10 Å². The molecule has 3 N–H and O–H groups in total. The van der Waals surface area contributed by atoms with Crippen molar-refractivity contribution in [1.82, 2.24) is 30.1 Å². The Morgan fingerprint density at radius 3 is 2.16 bits per heavy atom. The summed E-state index contributed by atoms with van der Waals surface area (Å²) in [6.07, 6.45) is 8.32. The van der Waals surface area contributed by atoms with E-state index in [1.807, 2.05) is 10.9 Å². The molecule has 9 rings (SSSR count). The zero-order valence-electron chi connectivity index (χ0n) is 39.9. The highest BCUT2D eigenvalue weighted by atomic mass is 16.5. The highest BCUT2D eigenvalue weighted by Gasteiger charge is 2.47. The van der Waals surface area contributed by atoms with Gasteiger partial charge < -0.3 is 19.9 Å². The topological polar surface area (TPSA) is 168 Å². The Balaban J connectivity index is 0.797. The lowest BCUT2D eigenvalue weighted by Crippen LogP contribution is -2.54. The summed E-state index contributed by atoms with van der Waals surface area (Å²) in [4.78, 5) is 54.3. The third kappa shape index (κ3) is 10.2. The van der Waals surface area contributed by atoms with Crippen LogP contribution in [0.5, 0.6) is 11.5 Å². The Kier molecular flexibility index (Phi) is 13.5. The second-order valence-electron chi connectivity index (χ2n) is 19.7. The molecule has 4 amide bonds. The first-order valence-electron chi connectivity index (χ1n) is 24.2. The number of aliphatic hydroxyl groups is 1. The molecule has 0 saturated carbocycles. The molecule has 14 heteroatoms. The lowest BCUT2D eigenvalue weighted by molar-refractivity contribution is -0.136. The van der Waals surface area contributed by atoms with Crippen molar-refractivity contribution in [3.63, 3.8) is 0 Å². The molecular weight excluding hydrogens is 859 g/mol. The molecule has 0 aliphatic carbocycles. The van der Waals surface area contributed by atoms with Gasteiger partial charge in [0, 0.05) is 56.4 Å². The first-order chi connectivity index (χ1) is 32.7. The number of nitrogens with zero attached hydrogens (tertiary/aromatic N) is 5. The number of ether oxygens (including phenoxy) is 2. The number of hydrogen-bond acceptors (Lipinski definition) is 11. The fourth-order valence-electron chi connectivity index (χ4n) is 11.1. The SMILES string of the molecule is Cc1cc(C)cc(COc2cc3c(cc2OCc2cc(C)cc(C)c2)C2CC(O)(Cc4cn(CCCCCCNc5cccc6c5C(=O)N(C5CCC(=O)NC5=O)C6=O)nn4)CC(C)N2CC3)c1. The van der Waals surface area contributed by atoms with Crippen molar-refractivity contribution in [2.45, 2.75) is 142 Å². The number of aryl methyl sites for hydroxylation is 5. The van der Waals surface area contributed by atoms with Gasteiger partial charge >= 0.3 is 0 Å². The fraction of sp³-hybridized carbons (Fsp3) is 0.444. The van der Waals surface area contributed by atoms with Crippen LogP contribution in [0.4, 0.5) is 5.69 Å². The molecule has 4 aliphatic heterocycles. The fourth-order valence-corrected chi connectivity index (χ4v) is 11.1. The molecule has 68 heavy (non-hydrogen) atoms. The lowest BCUT2D eigenvalue weighted by atomic mass is 9.75. The van der Waals surface area contributed by atoms with E-state index in [4.69, 9.17) is 9.47 Å². The largest absolute Gasteiger partial charge is 0.485 e. The third-order valence-corrected chi connectivity index (χ3v) is 14.0. The number of amides is 4. The van der Waals surface area contributed by atoms with Crippen LogP contribution < -0.4 is 20.1 Å². The number of benzene rings is 4. The predicted octanol–water partition coefficient (Wildman–Crippen LogP) is 7.80. The van der Waals surface area contributed by atoms with Crippen LogP contribution in [0, 0.1) is 27.7 Å². The number of rotatable bonds is 17. The van der Waals surface area contributed by atoms with Gasteiger partial charge in [-0.05, 0) is 120 Å². The van der Waals surface area contributed by atoms with Crippen LogP contribution in [-0.2, 0) is 42.2 Å². The minimum Gasteiger partial charge on any atom is -0.485 e. The number of fused-ring (bicyclic) bond motifs is 4. The van der Waals surface area contributed by atoms with Crippen LogP contribution in [0.1, 0.15) is 135 Å². The molecular formula is C54H63N7O7. The minimum absolute atomic E-state index is 0.00684. The summed E-state index contributed by atoms with van der Waals surface area (Å²) in [6, 6.07) is 21.6. The molecule has 4 aliphatic rings. The van der Waals surface area contributed by atoms with Crippen LogP contribution in [0.25, 0.3) is 0 Å². The number of carbonyl (C=O) groups is 4. The number of hydrogen-bond donors (Lipinski definition) is 3. The van der Waals surface area contributed by atoms with E-state index in [9.17, 15) is 24.3 Å². The maximum Gasteiger partial charge on any atom is 0.264 e. The lowest BCUT2D eigenvalue weighted by Gasteiger charge is -2.50. The standard InChI is InChI=1S/C54H63N7O7/c1-33-19-34(2)22-38(21-33)31-67-47-25-40-15-18-60-37(5)27-54(66,29-46(60)43(40)26-48(47)68-32-39-23-35(3)20-36(4)24-39)28-41-30-59(58-57-41)17-9-7-6-8-16-55-44-12-10-11-42-50(44)53(65)61(52(42)64)45-13-14-49(62)56-51(45)63/h10-12,19-26,30,37,45-46,55,66H,6-9,13-18,27-29,31-32H2,1-5H3,(H,56,62,63). The summed E-state index contributed by atoms with van der Waals surface area (Å²) in [5.41, 5.74) is 10.4. The van der Waals surface area contributed by atoms with E-state index >= 15 is 0 Å². The van der Waals surface area contributed by atoms with E-state index in [0.717, 1.165) is 66.1 Å². The monoisotopic (exact) mass is 921 g/mol. The second-order valence-corrected chi connectivity index (χ2v) is 19.7. The van der Waals surface area contributed by atoms with Gasteiger partial charge in [-0.3, -0.25) is 39.0 Å². The van der Waals surface area contributed by atoms with Gasteiger partial charge in [-0.2, -0.15) is 0 Å². The average Bonchev–Trinajstić information content (AvgIpc) is 3.83. The van der Waals surface area contributed by atoms with E-state index in [1.54, 1.807) is 18.2 Å². The van der Waals surface area contributed by atoms with Gasteiger partial charge in [-0.1, -0.05) is 82.8 Å². The average molecular weight is 922 g/mol. The molecule has 0 bridgehead atoms. The summed E-state index contributed by atoms with van der Waals surface area (Å²) in [6.45, 7) is 13.7. The third-order valence-electron chi connectivity index (χ3n) is 14.0. The predicted molar refractivity (Wildman–Crippen MR) is 258 cm³/mol. The van der Waals surface area contributed by atoms with Crippen molar-refractivity contribution in [3.05, 3.63) is 134 Å². The molecule has 4 unspecified atom stereocenters. The number of anilines is 1. The Hall–Kier alpha value is -6.38.